The van der Waals surface area contributed by atoms with Gasteiger partial charge in [0.25, 0.3) is 0 Å². The van der Waals surface area contributed by atoms with Crippen molar-refractivity contribution in [1.29, 1.82) is 0 Å². The quantitative estimate of drug-likeness (QED) is 0.290. The first-order valence-corrected chi connectivity index (χ1v) is 12.1. The second-order valence-corrected chi connectivity index (χ2v) is 8.38. The minimum atomic E-state index is -0.924. The number of aromatic nitrogens is 1. The standard InChI is InChI=1S/C27H24F3NO2.C2H6/c1-17-25-24(10-9-22(29)27(25)33-16-18-5-3-2-4-6-18)31(20-7-8-21(28)23(30)15-20)26(17)19-11-13-32-14-12-19;1-2/h2-10,15,19H,11-14,16H2,1H3;1-2H3. The highest BCUT2D eigenvalue weighted by Gasteiger charge is 2.28. The predicted octanol–water partition coefficient (Wildman–Crippen LogP) is 7.86. The average molecular weight is 482 g/mol. The molecule has 0 bridgehead atoms. The maximum atomic E-state index is 15.0. The summed E-state index contributed by atoms with van der Waals surface area (Å²) in [5.74, 6) is -1.97. The van der Waals surface area contributed by atoms with Crippen molar-refractivity contribution in [2.24, 2.45) is 0 Å². The normalized spacial score (nSPS) is 14.0. The summed E-state index contributed by atoms with van der Waals surface area (Å²) in [5, 5.41) is 0.650. The van der Waals surface area contributed by atoms with Crippen molar-refractivity contribution in [2.45, 2.75) is 46.1 Å². The van der Waals surface area contributed by atoms with Crippen LogP contribution in [0.5, 0.6) is 5.75 Å². The zero-order valence-corrected chi connectivity index (χ0v) is 20.3. The number of rotatable bonds is 5. The number of ether oxygens (including phenoxy) is 2. The fourth-order valence-electron chi connectivity index (χ4n) is 4.75. The Morgan fingerprint density at radius 1 is 0.886 bits per heavy atom. The monoisotopic (exact) mass is 481 g/mol. The van der Waals surface area contributed by atoms with Crippen LogP contribution in [0.4, 0.5) is 13.2 Å². The maximum absolute atomic E-state index is 15.0. The van der Waals surface area contributed by atoms with Gasteiger partial charge in [-0.25, -0.2) is 13.2 Å². The van der Waals surface area contributed by atoms with E-state index in [4.69, 9.17) is 9.47 Å². The van der Waals surface area contributed by atoms with Crippen molar-refractivity contribution < 1.29 is 22.6 Å². The summed E-state index contributed by atoms with van der Waals surface area (Å²) in [6.45, 7) is 7.40. The van der Waals surface area contributed by atoms with Gasteiger partial charge in [-0.15, -0.1) is 0 Å². The summed E-state index contributed by atoms with van der Waals surface area (Å²) in [5.41, 5.74) is 3.95. The van der Waals surface area contributed by atoms with Crippen LogP contribution in [0.3, 0.4) is 0 Å². The molecule has 0 atom stereocenters. The van der Waals surface area contributed by atoms with Crippen LogP contribution in [0.25, 0.3) is 16.6 Å². The molecule has 35 heavy (non-hydrogen) atoms. The van der Waals surface area contributed by atoms with Crippen LogP contribution in [-0.4, -0.2) is 17.8 Å². The molecule has 1 fully saturated rings. The van der Waals surface area contributed by atoms with Crippen molar-refractivity contribution in [3.8, 4) is 11.4 Å². The Morgan fingerprint density at radius 3 is 2.26 bits per heavy atom. The van der Waals surface area contributed by atoms with Crippen molar-refractivity contribution in [3.05, 3.63) is 94.9 Å². The Bertz CT molecular complexity index is 1290. The minimum Gasteiger partial charge on any atom is -0.485 e. The molecule has 4 aromatic rings. The molecule has 0 radical (unpaired) electrons. The molecule has 5 rings (SSSR count). The number of halogens is 3. The van der Waals surface area contributed by atoms with E-state index in [0.717, 1.165) is 35.7 Å². The molecule has 1 aliphatic rings. The van der Waals surface area contributed by atoms with Crippen LogP contribution in [0.15, 0.2) is 60.7 Å². The molecule has 2 heterocycles. The molecule has 0 unspecified atom stereocenters. The van der Waals surface area contributed by atoms with Gasteiger partial charge in [0, 0.05) is 42.0 Å². The zero-order valence-electron chi connectivity index (χ0n) is 20.3. The summed E-state index contributed by atoms with van der Waals surface area (Å²) in [6, 6.07) is 16.5. The Kier molecular flexibility index (Phi) is 7.81. The van der Waals surface area contributed by atoms with E-state index in [9.17, 15) is 8.78 Å². The highest BCUT2D eigenvalue weighted by Crippen LogP contribution is 2.42. The second-order valence-electron chi connectivity index (χ2n) is 8.38. The van der Waals surface area contributed by atoms with E-state index in [1.165, 1.54) is 12.1 Å². The third-order valence-corrected chi connectivity index (χ3v) is 6.32. The Balaban J connectivity index is 0.00000141. The molecule has 3 nitrogen and oxygen atoms in total. The number of aryl methyl sites for hydroxylation is 1. The van der Waals surface area contributed by atoms with Crippen LogP contribution in [0, 0.1) is 24.4 Å². The fourth-order valence-corrected chi connectivity index (χ4v) is 4.75. The van der Waals surface area contributed by atoms with Gasteiger partial charge in [0.2, 0.25) is 0 Å². The van der Waals surface area contributed by atoms with E-state index in [1.807, 2.05) is 55.7 Å². The lowest BCUT2D eigenvalue weighted by molar-refractivity contribution is 0.0841. The van der Waals surface area contributed by atoms with E-state index in [-0.39, 0.29) is 18.3 Å². The van der Waals surface area contributed by atoms with Gasteiger partial charge in [-0.05, 0) is 55.2 Å². The van der Waals surface area contributed by atoms with Crippen molar-refractivity contribution in [3.63, 3.8) is 0 Å². The summed E-state index contributed by atoms with van der Waals surface area (Å²) in [6.07, 6.45) is 1.59. The SMILES string of the molecule is CC.Cc1c(C2CCOCC2)n(-c2ccc(F)c(F)c2)c2ccc(F)c(OCc3ccccc3)c12. The Morgan fingerprint density at radius 2 is 1.57 bits per heavy atom. The molecule has 0 N–H and O–H groups in total. The molecular weight excluding hydrogens is 451 g/mol. The summed E-state index contributed by atoms with van der Waals surface area (Å²) in [7, 11) is 0. The van der Waals surface area contributed by atoms with Crippen LogP contribution >= 0.6 is 0 Å². The molecule has 1 saturated heterocycles. The van der Waals surface area contributed by atoms with Crippen LogP contribution in [0.1, 0.15) is 49.4 Å². The molecule has 0 spiro atoms. The summed E-state index contributed by atoms with van der Waals surface area (Å²) in [4.78, 5) is 0. The number of benzene rings is 3. The molecule has 184 valence electrons. The van der Waals surface area contributed by atoms with E-state index in [1.54, 1.807) is 12.1 Å². The number of fused-ring (bicyclic) bond motifs is 1. The predicted molar refractivity (Wildman–Crippen MR) is 133 cm³/mol. The molecule has 0 amide bonds. The third kappa shape index (κ3) is 4.94. The van der Waals surface area contributed by atoms with Crippen molar-refractivity contribution >= 4 is 10.9 Å². The fraction of sp³-hybridized carbons (Fsp3) is 0.310. The van der Waals surface area contributed by atoms with Gasteiger partial charge in [-0.3, -0.25) is 0 Å². The number of nitrogens with zero attached hydrogens (tertiary/aromatic N) is 1. The maximum Gasteiger partial charge on any atom is 0.165 e. The lowest BCUT2D eigenvalue weighted by Crippen LogP contribution is -2.17. The molecule has 0 aliphatic carbocycles. The molecule has 6 heteroatoms. The highest BCUT2D eigenvalue weighted by molar-refractivity contribution is 5.93. The topological polar surface area (TPSA) is 23.4 Å². The zero-order chi connectivity index (χ0) is 24.9. The van der Waals surface area contributed by atoms with Crippen LogP contribution in [0.2, 0.25) is 0 Å². The van der Waals surface area contributed by atoms with E-state index in [0.29, 0.717) is 29.8 Å². The number of hydrogen-bond donors (Lipinski definition) is 0. The van der Waals surface area contributed by atoms with E-state index in [2.05, 4.69) is 0 Å². The van der Waals surface area contributed by atoms with Gasteiger partial charge in [0.1, 0.15) is 6.61 Å². The first kappa shape index (κ1) is 24.9. The lowest BCUT2D eigenvalue weighted by Gasteiger charge is -2.25. The second kappa shape index (κ2) is 11.0. The molecule has 1 aliphatic heterocycles. The average Bonchev–Trinajstić information content (AvgIpc) is 3.19. The van der Waals surface area contributed by atoms with Gasteiger partial charge in [0.15, 0.2) is 23.2 Å². The third-order valence-electron chi connectivity index (χ3n) is 6.32. The van der Waals surface area contributed by atoms with Gasteiger partial charge in [0.05, 0.1) is 5.52 Å². The molecule has 1 aromatic heterocycles. The van der Waals surface area contributed by atoms with E-state index >= 15 is 4.39 Å². The summed E-state index contributed by atoms with van der Waals surface area (Å²) < 4.78 is 56.4. The van der Waals surface area contributed by atoms with Crippen LogP contribution < -0.4 is 4.74 Å². The Hall–Kier alpha value is -3.25. The van der Waals surface area contributed by atoms with Gasteiger partial charge in [-0.2, -0.15) is 0 Å². The number of hydrogen-bond acceptors (Lipinski definition) is 2. The van der Waals surface area contributed by atoms with E-state index < -0.39 is 17.5 Å². The highest BCUT2D eigenvalue weighted by atomic mass is 19.2. The van der Waals surface area contributed by atoms with Crippen LogP contribution in [-0.2, 0) is 11.3 Å². The van der Waals surface area contributed by atoms with Gasteiger partial charge < -0.3 is 14.0 Å². The summed E-state index contributed by atoms with van der Waals surface area (Å²) >= 11 is 0. The smallest absolute Gasteiger partial charge is 0.165 e. The van der Waals surface area contributed by atoms with Gasteiger partial charge in [-0.1, -0.05) is 44.2 Å². The first-order chi connectivity index (χ1) is 17.0. The lowest BCUT2D eigenvalue weighted by atomic mass is 9.93. The molecule has 3 aromatic carbocycles. The molecule has 0 saturated carbocycles. The van der Waals surface area contributed by atoms with Crippen molar-refractivity contribution in [2.75, 3.05) is 13.2 Å². The first-order valence-electron chi connectivity index (χ1n) is 12.1. The van der Waals surface area contributed by atoms with Crippen molar-refractivity contribution in [1.82, 2.24) is 4.57 Å². The largest absolute Gasteiger partial charge is 0.485 e. The van der Waals surface area contributed by atoms with Gasteiger partial charge >= 0.3 is 0 Å². The minimum absolute atomic E-state index is 0.143. The Labute approximate surface area is 204 Å². The molecular formula is C29H30F3NO2.